The Morgan fingerprint density at radius 3 is 2.29 bits per heavy atom. The number of likely N-dealkylation sites (tertiary alicyclic amines) is 1. The van der Waals surface area contributed by atoms with Crippen molar-refractivity contribution in [1.29, 1.82) is 0 Å². The molecule has 2 rings (SSSR count). The van der Waals surface area contributed by atoms with Gasteiger partial charge < -0.3 is 0 Å². The molecule has 78 valence electrons. The molecule has 0 aliphatic carbocycles. The Morgan fingerprint density at radius 2 is 1.79 bits per heavy atom. The van der Waals surface area contributed by atoms with Crippen LogP contribution in [0.15, 0.2) is 30.3 Å². The van der Waals surface area contributed by atoms with Crippen LogP contribution in [0.5, 0.6) is 0 Å². The summed E-state index contributed by atoms with van der Waals surface area (Å²) in [5, 5.41) is 0. The van der Waals surface area contributed by atoms with Crippen LogP contribution in [0.1, 0.15) is 38.3 Å². The first kappa shape index (κ1) is 11.3. The second kappa shape index (κ2) is 5.82. The summed E-state index contributed by atoms with van der Waals surface area (Å²) in [6, 6.07) is 11.5. The maximum atomic E-state index is 2.44. The zero-order valence-electron chi connectivity index (χ0n) is 9.53. The van der Waals surface area contributed by atoms with Crippen LogP contribution in [0, 0.1) is 0 Å². The van der Waals surface area contributed by atoms with Crippen LogP contribution in [0.2, 0.25) is 0 Å². The monoisotopic (exact) mass is 191 g/mol. The quantitative estimate of drug-likeness (QED) is 0.657. The minimum absolute atomic E-state index is 0.672. The Kier molecular flexibility index (Phi) is 4.68. The Morgan fingerprint density at radius 1 is 1.14 bits per heavy atom. The summed E-state index contributed by atoms with van der Waals surface area (Å²) >= 11 is 0. The molecule has 0 saturated carbocycles. The average Bonchev–Trinajstić information content (AvgIpc) is 2.69. The molecule has 1 saturated heterocycles. The van der Waals surface area contributed by atoms with Crippen LogP contribution in [-0.4, -0.2) is 18.5 Å². The predicted molar refractivity (Wildman–Crippen MR) is 62.4 cm³/mol. The predicted octanol–water partition coefficient (Wildman–Crippen LogP) is 3.48. The summed E-state index contributed by atoms with van der Waals surface area (Å²) in [6.45, 7) is 5.25. The fourth-order valence-electron chi connectivity index (χ4n) is 2.01. The van der Waals surface area contributed by atoms with Gasteiger partial charge in [-0.05, 0) is 32.0 Å². The molecule has 1 heteroatoms. The van der Waals surface area contributed by atoms with E-state index in [0.29, 0.717) is 6.04 Å². The first-order valence-electron chi connectivity index (χ1n) is 5.63. The zero-order valence-corrected chi connectivity index (χ0v) is 9.53. The number of rotatable bonds is 1. The highest BCUT2D eigenvalue weighted by atomic mass is 15.1. The topological polar surface area (TPSA) is 3.24 Å². The molecular formula is C13H21N. The summed E-state index contributed by atoms with van der Waals surface area (Å²) < 4.78 is 0. The van der Waals surface area contributed by atoms with Crippen molar-refractivity contribution in [3.05, 3.63) is 35.9 Å². The van der Waals surface area contributed by atoms with E-state index in [1.54, 1.807) is 0 Å². The van der Waals surface area contributed by atoms with Crippen LogP contribution in [0.4, 0.5) is 0 Å². The summed E-state index contributed by atoms with van der Waals surface area (Å²) in [4.78, 5) is 2.44. The van der Waals surface area contributed by atoms with Crippen molar-refractivity contribution in [2.45, 2.75) is 32.7 Å². The van der Waals surface area contributed by atoms with E-state index in [1.165, 1.54) is 24.9 Å². The van der Waals surface area contributed by atoms with Crippen molar-refractivity contribution in [2.75, 3.05) is 13.6 Å². The molecule has 0 N–H and O–H groups in total. The fourth-order valence-corrected chi connectivity index (χ4v) is 2.01. The first-order chi connectivity index (χ1) is 6.88. The molecular weight excluding hydrogens is 170 g/mol. The third kappa shape index (κ3) is 2.58. The zero-order chi connectivity index (χ0) is 10.4. The van der Waals surface area contributed by atoms with Crippen LogP contribution >= 0.6 is 0 Å². The van der Waals surface area contributed by atoms with Crippen molar-refractivity contribution >= 4 is 0 Å². The molecule has 1 unspecified atom stereocenters. The van der Waals surface area contributed by atoms with E-state index in [9.17, 15) is 0 Å². The van der Waals surface area contributed by atoms with Crippen LogP contribution in [-0.2, 0) is 0 Å². The van der Waals surface area contributed by atoms with Crippen molar-refractivity contribution < 1.29 is 0 Å². The second-order valence-corrected chi connectivity index (χ2v) is 3.55. The Hall–Kier alpha value is -0.820. The van der Waals surface area contributed by atoms with Crippen molar-refractivity contribution in [2.24, 2.45) is 0 Å². The van der Waals surface area contributed by atoms with Gasteiger partial charge in [-0.25, -0.2) is 0 Å². The smallest absolute Gasteiger partial charge is 0.0345 e. The van der Waals surface area contributed by atoms with E-state index in [0.717, 1.165) is 0 Å². The van der Waals surface area contributed by atoms with Gasteiger partial charge in [-0.2, -0.15) is 0 Å². The SMILES string of the molecule is CC.CN1CCCC1c1ccccc1. The molecule has 14 heavy (non-hydrogen) atoms. The fraction of sp³-hybridized carbons (Fsp3) is 0.538. The van der Waals surface area contributed by atoms with Crippen molar-refractivity contribution in [3.8, 4) is 0 Å². The number of hydrogen-bond donors (Lipinski definition) is 0. The van der Waals surface area contributed by atoms with E-state index in [4.69, 9.17) is 0 Å². The molecule has 0 spiro atoms. The van der Waals surface area contributed by atoms with Gasteiger partial charge in [0, 0.05) is 6.04 Å². The lowest BCUT2D eigenvalue weighted by molar-refractivity contribution is 0.317. The van der Waals surface area contributed by atoms with Crippen molar-refractivity contribution in [1.82, 2.24) is 4.90 Å². The van der Waals surface area contributed by atoms with E-state index in [1.807, 2.05) is 13.8 Å². The third-order valence-corrected chi connectivity index (χ3v) is 2.70. The lowest BCUT2D eigenvalue weighted by Crippen LogP contribution is -2.17. The Balaban J connectivity index is 0.000000461. The summed E-state index contributed by atoms with van der Waals surface area (Å²) in [7, 11) is 2.21. The Labute approximate surface area is 87.7 Å². The highest BCUT2D eigenvalue weighted by Crippen LogP contribution is 2.29. The van der Waals surface area contributed by atoms with Crippen LogP contribution in [0.25, 0.3) is 0 Å². The first-order valence-corrected chi connectivity index (χ1v) is 5.63. The molecule has 0 aromatic heterocycles. The molecule has 1 atom stereocenters. The summed E-state index contributed by atoms with van der Waals surface area (Å²) in [5.74, 6) is 0. The van der Waals surface area contributed by atoms with Gasteiger partial charge >= 0.3 is 0 Å². The van der Waals surface area contributed by atoms with Gasteiger partial charge in [0.2, 0.25) is 0 Å². The molecule has 1 aliphatic rings. The number of hydrogen-bond acceptors (Lipinski definition) is 1. The number of benzene rings is 1. The molecule has 0 amide bonds. The van der Waals surface area contributed by atoms with Crippen LogP contribution < -0.4 is 0 Å². The summed E-state index contributed by atoms with van der Waals surface area (Å²) in [5.41, 5.74) is 1.47. The highest BCUT2D eigenvalue weighted by Gasteiger charge is 2.21. The van der Waals surface area contributed by atoms with Gasteiger partial charge in [-0.15, -0.1) is 0 Å². The van der Waals surface area contributed by atoms with E-state index in [2.05, 4.69) is 42.3 Å². The average molecular weight is 191 g/mol. The molecule has 0 radical (unpaired) electrons. The standard InChI is InChI=1S/C11H15N.C2H6/c1-12-9-5-8-11(12)10-6-3-2-4-7-10;1-2/h2-4,6-7,11H,5,8-9H2,1H3;1-2H3. The van der Waals surface area contributed by atoms with Crippen molar-refractivity contribution in [3.63, 3.8) is 0 Å². The lowest BCUT2D eigenvalue weighted by Gasteiger charge is -2.19. The summed E-state index contributed by atoms with van der Waals surface area (Å²) in [6.07, 6.45) is 2.66. The largest absolute Gasteiger partial charge is 0.299 e. The van der Waals surface area contributed by atoms with Gasteiger partial charge in [-0.1, -0.05) is 44.2 Å². The number of nitrogens with zero attached hydrogens (tertiary/aromatic N) is 1. The molecule has 1 aromatic carbocycles. The highest BCUT2D eigenvalue weighted by molar-refractivity contribution is 5.19. The van der Waals surface area contributed by atoms with Gasteiger partial charge in [0.1, 0.15) is 0 Å². The maximum absolute atomic E-state index is 2.44. The normalized spacial score (nSPS) is 21.5. The third-order valence-electron chi connectivity index (χ3n) is 2.70. The van der Waals surface area contributed by atoms with E-state index in [-0.39, 0.29) is 0 Å². The second-order valence-electron chi connectivity index (χ2n) is 3.55. The Bertz CT molecular complexity index is 243. The maximum Gasteiger partial charge on any atom is 0.0345 e. The minimum atomic E-state index is 0.672. The minimum Gasteiger partial charge on any atom is -0.299 e. The van der Waals surface area contributed by atoms with Crippen LogP contribution in [0.3, 0.4) is 0 Å². The van der Waals surface area contributed by atoms with Gasteiger partial charge in [0.05, 0.1) is 0 Å². The molecule has 1 nitrogen and oxygen atoms in total. The molecule has 1 aliphatic heterocycles. The van der Waals surface area contributed by atoms with Gasteiger partial charge in [0.25, 0.3) is 0 Å². The lowest BCUT2D eigenvalue weighted by atomic mass is 10.1. The van der Waals surface area contributed by atoms with E-state index < -0.39 is 0 Å². The molecule has 1 fully saturated rings. The molecule has 1 aromatic rings. The molecule has 1 heterocycles. The van der Waals surface area contributed by atoms with Gasteiger partial charge in [0.15, 0.2) is 0 Å². The van der Waals surface area contributed by atoms with Gasteiger partial charge in [-0.3, -0.25) is 4.90 Å². The molecule has 0 bridgehead atoms. The van der Waals surface area contributed by atoms with E-state index >= 15 is 0 Å².